The smallest absolute Gasteiger partial charge is 0.197 e. The van der Waals surface area contributed by atoms with Crippen LogP contribution in [0.15, 0.2) is 12.1 Å². The molecule has 0 atom stereocenters. The number of nitrogens with one attached hydrogen (secondary N) is 1. The molecule has 0 bridgehead atoms. The second-order valence-electron chi connectivity index (χ2n) is 2.90. The highest BCUT2D eigenvalue weighted by molar-refractivity contribution is 5.48. The van der Waals surface area contributed by atoms with Gasteiger partial charge in [-0.2, -0.15) is 0 Å². The first-order valence-corrected chi connectivity index (χ1v) is 4.27. The van der Waals surface area contributed by atoms with Crippen LogP contribution in [0.25, 0.3) is 0 Å². The Morgan fingerprint density at radius 3 is 2.71 bits per heavy atom. The van der Waals surface area contributed by atoms with Crippen LogP contribution in [-0.2, 0) is 6.54 Å². The van der Waals surface area contributed by atoms with Crippen LogP contribution < -0.4 is 15.0 Å². The summed E-state index contributed by atoms with van der Waals surface area (Å²) in [6.45, 7) is 0.945. The van der Waals surface area contributed by atoms with Gasteiger partial charge >= 0.3 is 0 Å². The summed E-state index contributed by atoms with van der Waals surface area (Å²) in [5, 5.41) is 8.55. The fourth-order valence-corrected chi connectivity index (χ4v) is 1.38. The van der Waals surface area contributed by atoms with Crippen molar-refractivity contribution in [1.82, 2.24) is 5.48 Å². The molecule has 2 N–H and O–H groups in total. The molecule has 4 nitrogen and oxygen atoms in total. The molecule has 0 fully saturated rings. The minimum atomic E-state index is -0.443. The maximum atomic E-state index is 13.2. The second kappa shape index (κ2) is 3.81. The van der Waals surface area contributed by atoms with E-state index in [0.717, 1.165) is 0 Å². The summed E-state index contributed by atoms with van der Waals surface area (Å²) in [6.07, 6.45) is 0. The Hall–Kier alpha value is -1.33. The number of rotatable bonds is 2. The molecule has 2 rings (SSSR count). The van der Waals surface area contributed by atoms with Crippen LogP contribution in [-0.4, -0.2) is 18.4 Å². The Bertz CT molecular complexity index is 343. The normalized spacial score (nSPS) is 14.1. The first-order valence-electron chi connectivity index (χ1n) is 4.27. The first kappa shape index (κ1) is 9.23. The number of hydroxylamine groups is 1. The van der Waals surface area contributed by atoms with Gasteiger partial charge in [0.1, 0.15) is 13.2 Å². The van der Waals surface area contributed by atoms with Gasteiger partial charge in [0, 0.05) is 12.1 Å². The molecule has 0 saturated carbocycles. The summed E-state index contributed by atoms with van der Waals surface area (Å²) in [4.78, 5) is 0. The standard InChI is InChI=1S/C9H10FNO3/c10-7-2-1-6(5-11-12)8-9(7)14-4-3-13-8/h1-2,11-12H,3-5H2. The highest BCUT2D eigenvalue weighted by atomic mass is 19.1. The molecule has 1 heterocycles. The van der Waals surface area contributed by atoms with Crippen molar-refractivity contribution < 1.29 is 19.1 Å². The van der Waals surface area contributed by atoms with E-state index in [2.05, 4.69) is 0 Å². The van der Waals surface area contributed by atoms with Crippen molar-refractivity contribution in [2.45, 2.75) is 6.54 Å². The Labute approximate surface area is 80.2 Å². The van der Waals surface area contributed by atoms with E-state index in [9.17, 15) is 4.39 Å². The molecule has 0 radical (unpaired) electrons. The van der Waals surface area contributed by atoms with Gasteiger partial charge in [0.15, 0.2) is 17.3 Å². The van der Waals surface area contributed by atoms with Gasteiger partial charge < -0.3 is 14.7 Å². The van der Waals surface area contributed by atoms with Crippen LogP contribution in [0.2, 0.25) is 0 Å². The molecule has 0 aliphatic carbocycles. The van der Waals surface area contributed by atoms with Crippen LogP contribution in [0, 0.1) is 5.82 Å². The third kappa shape index (κ3) is 1.51. The number of ether oxygens (including phenoxy) is 2. The van der Waals surface area contributed by atoms with Crippen molar-refractivity contribution in [2.24, 2.45) is 0 Å². The Morgan fingerprint density at radius 2 is 2.00 bits per heavy atom. The molecule has 0 spiro atoms. The molecular weight excluding hydrogens is 189 g/mol. The van der Waals surface area contributed by atoms with E-state index in [4.69, 9.17) is 14.7 Å². The van der Waals surface area contributed by atoms with Crippen LogP contribution in [0.3, 0.4) is 0 Å². The van der Waals surface area contributed by atoms with Crippen LogP contribution >= 0.6 is 0 Å². The van der Waals surface area contributed by atoms with Crippen molar-refractivity contribution in [3.63, 3.8) is 0 Å². The molecule has 1 aliphatic heterocycles. The van der Waals surface area contributed by atoms with E-state index in [1.165, 1.54) is 6.07 Å². The van der Waals surface area contributed by atoms with Gasteiger partial charge in [0.2, 0.25) is 0 Å². The Balaban J connectivity index is 2.42. The molecule has 0 amide bonds. The average Bonchev–Trinajstić information content (AvgIpc) is 2.23. The van der Waals surface area contributed by atoms with Crippen molar-refractivity contribution in [2.75, 3.05) is 13.2 Å². The molecule has 1 aromatic rings. The third-order valence-corrected chi connectivity index (χ3v) is 1.99. The zero-order chi connectivity index (χ0) is 9.97. The summed E-state index contributed by atoms with van der Waals surface area (Å²) >= 11 is 0. The summed E-state index contributed by atoms with van der Waals surface area (Å²) in [6, 6.07) is 2.84. The molecule has 76 valence electrons. The molecule has 14 heavy (non-hydrogen) atoms. The minimum Gasteiger partial charge on any atom is -0.486 e. The number of hydrogen-bond donors (Lipinski definition) is 2. The Kier molecular flexibility index (Phi) is 2.51. The molecule has 0 aromatic heterocycles. The molecular formula is C9H10FNO3. The Morgan fingerprint density at radius 1 is 1.29 bits per heavy atom. The molecule has 0 unspecified atom stereocenters. The largest absolute Gasteiger partial charge is 0.486 e. The third-order valence-electron chi connectivity index (χ3n) is 1.99. The lowest BCUT2D eigenvalue weighted by molar-refractivity contribution is 0.147. The van der Waals surface area contributed by atoms with E-state index in [1.54, 1.807) is 6.07 Å². The van der Waals surface area contributed by atoms with Crippen molar-refractivity contribution in [3.05, 3.63) is 23.5 Å². The summed E-state index contributed by atoms with van der Waals surface area (Å²) < 4.78 is 23.6. The zero-order valence-electron chi connectivity index (χ0n) is 7.42. The highest BCUT2D eigenvalue weighted by Crippen LogP contribution is 2.36. The van der Waals surface area contributed by atoms with Crippen molar-refractivity contribution in [3.8, 4) is 11.5 Å². The molecule has 5 heteroatoms. The van der Waals surface area contributed by atoms with Gasteiger partial charge in [0.25, 0.3) is 0 Å². The maximum Gasteiger partial charge on any atom is 0.197 e. The first-order chi connectivity index (χ1) is 6.83. The number of halogens is 1. The second-order valence-corrected chi connectivity index (χ2v) is 2.90. The van der Waals surface area contributed by atoms with Crippen LogP contribution in [0.5, 0.6) is 11.5 Å². The maximum absolute atomic E-state index is 13.2. The summed E-state index contributed by atoms with van der Waals surface area (Å²) in [7, 11) is 0. The number of fused-ring (bicyclic) bond motifs is 1. The van der Waals surface area contributed by atoms with E-state index < -0.39 is 5.82 Å². The van der Waals surface area contributed by atoms with E-state index in [0.29, 0.717) is 24.5 Å². The molecule has 0 saturated heterocycles. The van der Waals surface area contributed by atoms with E-state index in [-0.39, 0.29) is 12.3 Å². The molecule has 1 aliphatic rings. The van der Waals surface area contributed by atoms with E-state index >= 15 is 0 Å². The lowest BCUT2D eigenvalue weighted by atomic mass is 10.1. The minimum absolute atomic E-state index is 0.129. The van der Waals surface area contributed by atoms with Crippen molar-refractivity contribution in [1.29, 1.82) is 0 Å². The van der Waals surface area contributed by atoms with Gasteiger partial charge in [-0.15, -0.1) is 0 Å². The van der Waals surface area contributed by atoms with Crippen LogP contribution in [0.1, 0.15) is 5.56 Å². The van der Waals surface area contributed by atoms with E-state index in [1.807, 2.05) is 5.48 Å². The van der Waals surface area contributed by atoms with Gasteiger partial charge in [0.05, 0.1) is 0 Å². The predicted octanol–water partition coefficient (Wildman–Crippen LogP) is 1.08. The fourth-order valence-electron chi connectivity index (χ4n) is 1.38. The average molecular weight is 199 g/mol. The van der Waals surface area contributed by atoms with Gasteiger partial charge in [-0.3, -0.25) is 0 Å². The lowest BCUT2D eigenvalue weighted by Crippen LogP contribution is -2.19. The van der Waals surface area contributed by atoms with Crippen molar-refractivity contribution >= 4 is 0 Å². The highest BCUT2D eigenvalue weighted by Gasteiger charge is 2.19. The van der Waals surface area contributed by atoms with Crippen LogP contribution in [0.4, 0.5) is 4.39 Å². The lowest BCUT2D eigenvalue weighted by Gasteiger charge is -2.21. The SMILES string of the molecule is ONCc1ccc(F)c2c1OCCO2. The quantitative estimate of drug-likeness (QED) is 0.700. The monoisotopic (exact) mass is 199 g/mol. The summed E-state index contributed by atoms with van der Waals surface area (Å²) in [5.41, 5.74) is 2.67. The fraction of sp³-hybridized carbons (Fsp3) is 0.333. The van der Waals surface area contributed by atoms with Gasteiger partial charge in [-0.1, -0.05) is 6.07 Å². The number of hydrogen-bond acceptors (Lipinski definition) is 4. The van der Waals surface area contributed by atoms with Gasteiger partial charge in [-0.25, -0.2) is 9.87 Å². The van der Waals surface area contributed by atoms with Gasteiger partial charge in [-0.05, 0) is 6.07 Å². The number of benzene rings is 1. The predicted molar refractivity (Wildman–Crippen MR) is 46.0 cm³/mol. The topological polar surface area (TPSA) is 50.7 Å². The zero-order valence-corrected chi connectivity index (χ0v) is 7.42. The molecule has 1 aromatic carbocycles. The summed E-state index contributed by atoms with van der Waals surface area (Å²) in [5.74, 6) is 0.0585.